The standard InChI is InChI=1S/C21H27N5O3/c1-25-20(17-13-23-18-4-3-15(14-28-2)11-16(17)18)12-19(24-25)21(27)22-5-6-26-7-9-29-10-8-26/h3-4,11-13,23H,5-10,14H2,1-2H3,(H,22,27). The van der Waals surface area contributed by atoms with E-state index in [4.69, 9.17) is 9.47 Å². The molecule has 3 heterocycles. The topological polar surface area (TPSA) is 84.4 Å². The predicted molar refractivity (Wildman–Crippen MR) is 111 cm³/mol. The highest BCUT2D eigenvalue weighted by Crippen LogP contribution is 2.29. The number of nitrogens with zero attached hydrogens (tertiary/aromatic N) is 3. The molecule has 4 rings (SSSR count). The molecule has 2 aromatic heterocycles. The van der Waals surface area contributed by atoms with Crippen LogP contribution in [0.3, 0.4) is 0 Å². The summed E-state index contributed by atoms with van der Waals surface area (Å²) >= 11 is 0. The Bertz CT molecular complexity index is 988. The summed E-state index contributed by atoms with van der Waals surface area (Å²) < 4.78 is 12.3. The Morgan fingerprint density at radius 2 is 2.14 bits per heavy atom. The van der Waals surface area contributed by atoms with E-state index in [2.05, 4.69) is 26.4 Å². The molecule has 29 heavy (non-hydrogen) atoms. The molecule has 0 spiro atoms. The molecule has 0 radical (unpaired) electrons. The van der Waals surface area contributed by atoms with Crippen molar-refractivity contribution in [1.29, 1.82) is 0 Å². The van der Waals surface area contributed by atoms with E-state index in [0.29, 0.717) is 18.8 Å². The highest BCUT2D eigenvalue weighted by molar-refractivity contribution is 5.98. The normalized spacial score (nSPS) is 15.1. The first-order valence-electron chi connectivity index (χ1n) is 9.87. The molecule has 1 fully saturated rings. The van der Waals surface area contributed by atoms with Crippen LogP contribution in [-0.4, -0.2) is 72.1 Å². The summed E-state index contributed by atoms with van der Waals surface area (Å²) in [7, 11) is 3.55. The fraction of sp³-hybridized carbons (Fsp3) is 0.429. The second-order valence-corrected chi connectivity index (χ2v) is 7.26. The van der Waals surface area contributed by atoms with Crippen molar-refractivity contribution in [2.45, 2.75) is 6.61 Å². The molecule has 0 aliphatic carbocycles. The largest absolute Gasteiger partial charge is 0.380 e. The van der Waals surface area contributed by atoms with Crippen LogP contribution in [0, 0.1) is 0 Å². The Morgan fingerprint density at radius 3 is 2.93 bits per heavy atom. The van der Waals surface area contributed by atoms with E-state index in [-0.39, 0.29) is 5.91 Å². The first-order valence-corrected chi connectivity index (χ1v) is 9.87. The zero-order valence-corrected chi connectivity index (χ0v) is 16.9. The van der Waals surface area contributed by atoms with Gasteiger partial charge in [0, 0.05) is 63.0 Å². The average molecular weight is 397 g/mol. The fourth-order valence-corrected chi connectivity index (χ4v) is 3.71. The van der Waals surface area contributed by atoms with Crippen LogP contribution in [0.1, 0.15) is 16.1 Å². The lowest BCUT2D eigenvalue weighted by molar-refractivity contribution is 0.0383. The SMILES string of the molecule is COCc1ccc2[nH]cc(-c3cc(C(=O)NCCN4CCOCC4)nn3C)c2c1. The smallest absolute Gasteiger partial charge is 0.271 e. The molecule has 1 saturated heterocycles. The molecule has 154 valence electrons. The number of aromatic amines is 1. The van der Waals surface area contributed by atoms with Gasteiger partial charge in [-0.25, -0.2) is 0 Å². The summed E-state index contributed by atoms with van der Waals surface area (Å²) in [5.74, 6) is -0.153. The highest BCUT2D eigenvalue weighted by Gasteiger charge is 2.17. The van der Waals surface area contributed by atoms with E-state index in [1.807, 2.05) is 31.4 Å². The van der Waals surface area contributed by atoms with Crippen LogP contribution < -0.4 is 5.32 Å². The van der Waals surface area contributed by atoms with Gasteiger partial charge in [-0.2, -0.15) is 5.10 Å². The molecule has 1 amide bonds. The number of nitrogens with one attached hydrogen (secondary N) is 2. The lowest BCUT2D eigenvalue weighted by Crippen LogP contribution is -2.41. The second kappa shape index (κ2) is 8.77. The fourth-order valence-electron chi connectivity index (χ4n) is 3.71. The molecule has 8 nitrogen and oxygen atoms in total. The van der Waals surface area contributed by atoms with Gasteiger partial charge in [0.05, 0.1) is 25.5 Å². The minimum absolute atomic E-state index is 0.153. The van der Waals surface area contributed by atoms with Gasteiger partial charge in [-0.15, -0.1) is 0 Å². The zero-order valence-electron chi connectivity index (χ0n) is 16.9. The van der Waals surface area contributed by atoms with E-state index in [1.54, 1.807) is 11.8 Å². The Morgan fingerprint density at radius 1 is 1.31 bits per heavy atom. The maximum atomic E-state index is 12.6. The van der Waals surface area contributed by atoms with Gasteiger partial charge in [0.25, 0.3) is 5.91 Å². The van der Waals surface area contributed by atoms with Gasteiger partial charge in [0.15, 0.2) is 5.69 Å². The minimum atomic E-state index is -0.153. The Hall–Kier alpha value is -2.68. The molecule has 0 unspecified atom stereocenters. The van der Waals surface area contributed by atoms with Crippen molar-refractivity contribution in [2.24, 2.45) is 7.05 Å². The summed E-state index contributed by atoms with van der Waals surface area (Å²) in [5.41, 5.74) is 4.47. The Kier molecular flexibility index (Phi) is 5.94. The lowest BCUT2D eigenvalue weighted by atomic mass is 10.1. The van der Waals surface area contributed by atoms with Crippen LogP contribution >= 0.6 is 0 Å². The number of aromatic nitrogens is 3. The van der Waals surface area contributed by atoms with Gasteiger partial charge in [-0.3, -0.25) is 14.4 Å². The molecule has 0 saturated carbocycles. The van der Waals surface area contributed by atoms with Crippen LogP contribution in [0.2, 0.25) is 0 Å². The molecule has 2 N–H and O–H groups in total. The molecule has 0 bridgehead atoms. The van der Waals surface area contributed by atoms with E-state index < -0.39 is 0 Å². The van der Waals surface area contributed by atoms with Crippen LogP contribution in [0.5, 0.6) is 0 Å². The van der Waals surface area contributed by atoms with Crippen molar-refractivity contribution in [3.63, 3.8) is 0 Å². The van der Waals surface area contributed by atoms with Gasteiger partial charge < -0.3 is 19.8 Å². The third kappa shape index (κ3) is 4.34. The molecule has 1 aliphatic rings. The maximum absolute atomic E-state index is 12.6. The van der Waals surface area contributed by atoms with Gasteiger partial charge in [-0.05, 0) is 23.8 Å². The van der Waals surface area contributed by atoms with Crippen molar-refractivity contribution in [2.75, 3.05) is 46.5 Å². The Balaban J connectivity index is 1.48. The van der Waals surface area contributed by atoms with E-state index >= 15 is 0 Å². The molecule has 8 heteroatoms. The molecule has 3 aromatic rings. The van der Waals surface area contributed by atoms with Crippen molar-refractivity contribution in [1.82, 2.24) is 25.0 Å². The number of hydrogen-bond donors (Lipinski definition) is 2. The summed E-state index contributed by atoms with van der Waals surface area (Å²) in [4.78, 5) is 18.2. The van der Waals surface area contributed by atoms with E-state index in [9.17, 15) is 4.79 Å². The van der Waals surface area contributed by atoms with Crippen LogP contribution in [-0.2, 0) is 23.1 Å². The average Bonchev–Trinajstić information content (AvgIpc) is 3.32. The number of amides is 1. The molecular formula is C21H27N5O3. The second-order valence-electron chi connectivity index (χ2n) is 7.26. The van der Waals surface area contributed by atoms with Crippen molar-refractivity contribution < 1.29 is 14.3 Å². The number of carbonyl (C=O) groups excluding carboxylic acids is 1. The maximum Gasteiger partial charge on any atom is 0.271 e. The number of H-pyrrole nitrogens is 1. The van der Waals surface area contributed by atoms with E-state index in [1.165, 1.54) is 0 Å². The van der Waals surface area contributed by atoms with Gasteiger partial charge in [0.2, 0.25) is 0 Å². The Labute approximate surface area is 169 Å². The number of fused-ring (bicyclic) bond motifs is 1. The summed E-state index contributed by atoms with van der Waals surface area (Å²) in [6.45, 7) is 5.31. The van der Waals surface area contributed by atoms with Gasteiger partial charge in [0.1, 0.15) is 0 Å². The van der Waals surface area contributed by atoms with Crippen molar-refractivity contribution in [3.05, 3.63) is 41.7 Å². The third-order valence-corrected chi connectivity index (χ3v) is 5.26. The van der Waals surface area contributed by atoms with Gasteiger partial charge >= 0.3 is 0 Å². The first kappa shape index (κ1) is 19.6. The highest BCUT2D eigenvalue weighted by atomic mass is 16.5. The zero-order chi connectivity index (χ0) is 20.2. The minimum Gasteiger partial charge on any atom is -0.380 e. The third-order valence-electron chi connectivity index (χ3n) is 5.26. The number of hydrogen-bond acceptors (Lipinski definition) is 5. The van der Waals surface area contributed by atoms with E-state index in [0.717, 1.165) is 60.6 Å². The summed E-state index contributed by atoms with van der Waals surface area (Å²) in [6, 6.07) is 8.04. The molecule has 1 aliphatic heterocycles. The predicted octanol–water partition coefficient (Wildman–Crippen LogP) is 1.78. The number of carbonyl (C=O) groups is 1. The molecular weight excluding hydrogens is 370 g/mol. The monoisotopic (exact) mass is 397 g/mol. The van der Waals surface area contributed by atoms with Crippen molar-refractivity contribution >= 4 is 16.8 Å². The van der Waals surface area contributed by atoms with Crippen LogP contribution in [0.15, 0.2) is 30.5 Å². The molecule has 0 atom stereocenters. The van der Waals surface area contributed by atoms with Gasteiger partial charge in [-0.1, -0.05) is 6.07 Å². The lowest BCUT2D eigenvalue weighted by Gasteiger charge is -2.26. The first-order chi connectivity index (χ1) is 14.2. The summed E-state index contributed by atoms with van der Waals surface area (Å²) in [6.07, 6.45) is 1.96. The number of rotatable bonds is 7. The van der Waals surface area contributed by atoms with Crippen LogP contribution in [0.4, 0.5) is 0 Å². The quantitative estimate of drug-likeness (QED) is 0.635. The molecule has 1 aromatic carbocycles. The number of methoxy groups -OCH3 is 1. The number of benzene rings is 1. The van der Waals surface area contributed by atoms with Crippen molar-refractivity contribution in [3.8, 4) is 11.3 Å². The van der Waals surface area contributed by atoms with Crippen LogP contribution in [0.25, 0.3) is 22.2 Å². The summed E-state index contributed by atoms with van der Waals surface area (Å²) in [5, 5.41) is 8.49. The number of ether oxygens (including phenoxy) is 2. The number of aryl methyl sites for hydroxylation is 1. The number of morpholine rings is 1.